The normalized spacial score (nSPS) is 11.5. The Bertz CT molecular complexity index is 2300. The van der Waals surface area contributed by atoms with Crippen molar-refractivity contribution in [3.8, 4) is 34.1 Å². The molecule has 0 aliphatic rings. The molecule has 0 unspecified atom stereocenters. The second-order valence-corrected chi connectivity index (χ2v) is 10.7. The van der Waals surface area contributed by atoms with Gasteiger partial charge >= 0.3 is 0 Å². The van der Waals surface area contributed by atoms with Gasteiger partial charge in [0.15, 0.2) is 0 Å². The summed E-state index contributed by atoms with van der Waals surface area (Å²) in [7, 11) is 0. The highest BCUT2D eigenvalue weighted by atomic mass is 16.5. The maximum atomic E-state index is 6.46. The number of hydrogen-bond acceptors (Lipinski definition) is 4. The van der Waals surface area contributed by atoms with Gasteiger partial charge in [-0.15, -0.1) is 0 Å². The lowest BCUT2D eigenvalue weighted by Gasteiger charge is -2.11. The van der Waals surface area contributed by atoms with Crippen LogP contribution in [0.2, 0.25) is 0 Å². The molecule has 206 valence electrons. The van der Waals surface area contributed by atoms with Gasteiger partial charge in [0.05, 0.1) is 27.9 Å². The summed E-state index contributed by atoms with van der Waals surface area (Å²) in [6.45, 7) is 4.15. The summed E-state index contributed by atoms with van der Waals surface area (Å²) >= 11 is 0. The zero-order valence-electron chi connectivity index (χ0n) is 23.8. The molecule has 0 fully saturated rings. The molecule has 4 aromatic carbocycles. The minimum atomic E-state index is 0.735. The second-order valence-electron chi connectivity index (χ2n) is 10.7. The summed E-state index contributed by atoms with van der Waals surface area (Å²) in [5.74, 6) is 2.36. The molecule has 0 atom stereocenters. The molecule has 0 bridgehead atoms. The molecule has 8 aromatic rings. The van der Waals surface area contributed by atoms with Gasteiger partial charge in [-0.2, -0.15) is 5.10 Å². The highest BCUT2D eigenvalue weighted by Crippen LogP contribution is 2.36. The number of hydrogen-bond donors (Lipinski definition) is 0. The van der Waals surface area contributed by atoms with Crippen LogP contribution < -0.4 is 4.74 Å². The zero-order chi connectivity index (χ0) is 28.9. The molecule has 0 aliphatic carbocycles. The molecule has 6 nitrogen and oxygen atoms in total. The lowest BCUT2D eigenvalue weighted by molar-refractivity contribution is 0.483. The quantitative estimate of drug-likeness (QED) is 0.212. The van der Waals surface area contributed by atoms with Gasteiger partial charge in [-0.05, 0) is 68.4 Å². The van der Waals surface area contributed by atoms with Crippen molar-refractivity contribution in [2.75, 3.05) is 0 Å². The van der Waals surface area contributed by atoms with Gasteiger partial charge in [-0.1, -0.05) is 48.5 Å². The number of para-hydroxylation sites is 2. The fraction of sp³-hybridized carbons (Fsp3) is 0.0541. The first-order valence-corrected chi connectivity index (χ1v) is 14.3. The van der Waals surface area contributed by atoms with E-state index in [1.807, 2.05) is 84.7 Å². The Balaban J connectivity index is 1.17. The van der Waals surface area contributed by atoms with E-state index in [-0.39, 0.29) is 0 Å². The topological polar surface area (TPSA) is 57.8 Å². The van der Waals surface area contributed by atoms with E-state index in [1.165, 1.54) is 5.39 Å². The van der Waals surface area contributed by atoms with Crippen molar-refractivity contribution in [1.82, 2.24) is 24.3 Å². The fourth-order valence-corrected chi connectivity index (χ4v) is 6.08. The molecule has 0 aliphatic heterocycles. The molecule has 0 amide bonds. The zero-order valence-corrected chi connectivity index (χ0v) is 23.8. The van der Waals surface area contributed by atoms with Gasteiger partial charge in [-0.25, -0.2) is 9.67 Å². The van der Waals surface area contributed by atoms with E-state index in [4.69, 9.17) is 9.84 Å². The summed E-state index contributed by atoms with van der Waals surface area (Å²) in [6.07, 6.45) is 3.76. The van der Waals surface area contributed by atoms with Crippen molar-refractivity contribution in [2.24, 2.45) is 0 Å². The van der Waals surface area contributed by atoms with E-state index in [1.54, 1.807) is 0 Å². The smallest absolute Gasteiger partial charge is 0.137 e. The van der Waals surface area contributed by atoms with Crippen LogP contribution in [0, 0.1) is 13.8 Å². The van der Waals surface area contributed by atoms with E-state index in [0.717, 1.165) is 72.8 Å². The Labute approximate surface area is 248 Å². The lowest BCUT2D eigenvalue weighted by Crippen LogP contribution is -1.99. The number of aryl methyl sites for hydroxylation is 1. The number of nitrogens with zero attached hydrogens (tertiary/aromatic N) is 5. The third kappa shape index (κ3) is 4.23. The molecule has 8 rings (SSSR count). The van der Waals surface area contributed by atoms with E-state index in [2.05, 4.69) is 76.1 Å². The average Bonchev–Trinajstić information content (AvgIpc) is 3.54. The highest BCUT2D eigenvalue weighted by Gasteiger charge is 2.17. The van der Waals surface area contributed by atoms with Crippen molar-refractivity contribution in [3.05, 3.63) is 139 Å². The van der Waals surface area contributed by atoms with Crippen molar-refractivity contribution < 1.29 is 4.74 Å². The molecule has 0 saturated carbocycles. The number of pyridine rings is 2. The fourth-order valence-electron chi connectivity index (χ4n) is 6.08. The van der Waals surface area contributed by atoms with Crippen LogP contribution in [0.5, 0.6) is 11.5 Å². The van der Waals surface area contributed by atoms with Gasteiger partial charge in [-0.3, -0.25) is 9.55 Å². The number of fused-ring (bicyclic) bond motifs is 4. The molecular weight excluding hydrogens is 530 g/mol. The summed E-state index contributed by atoms with van der Waals surface area (Å²) in [5.41, 5.74) is 8.22. The van der Waals surface area contributed by atoms with Gasteiger partial charge in [0.2, 0.25) is 0 Å². The second kappa shape index (κ2) is 9.96. The Morgan fingerprint density at radius 3 is 2.37 bits per heavy atom. The van der Waals surface area contributed by atoms with E-state index in [0.29, 0.717) is 0 Å². The van der Waals surface area contributed by atoms with Crippen LogP contribution in [-0.2, 0) is 0 Å². The van der Waals surface area contributed by atoms with Crippen LogP contribution >= 0.6 is 0 Å². The first-order chi connectivity index (χ1) is 21.1. The van der Waals surface area contributed by atoms with Crippen LogP contribution in [0.15, 0.2) is 128 Å². The Morgan fingerprint density at radius 1 is 0.651 bits per heavy atom. The third-order valence-corrected chi connectivity index (χ3v) is 7.99. The molecule has 6 heteroatoms. The summed E-state index contributed by atoms with van der Waals surface area (Å²) < 4.78 is 10.6. The standard InChI is InChI=1S/C37H27N5O/c1-24-37(27-20-26-10-3-5-14-33(26)39-23-27)25(2)42(40-24)28-11-9-12-29(21-28)43-30-17-18-32-31-13-4-6-15-34(31)41(35(32)22-30)36-16-7-8-19-38-36/h3-23H,1-2H3. The molecular formula is C37H27N5O. The van der Waals surface area contributed by atoms with Crippen LogP contribution in [0.25, 0.3) is 55.3 Å². The number of benzene rings is 4. The van der Waals surface area contributed by atoms with Gasteiger partial charge in [0, 0.05) is 57.5 Å². The Morgan fingerprint density at radius 2 is 1.47 bits per heavy atom. The maximum Gasteiger partial charge on any atom is 0.137 e. The maximum absolute atomic E-state index is 6.46. The predicted molar refractivity (Wildman–Crippen MR) is 172 cm³/mol. The molecule has 4 heterocycles. The van der Waals surface area contributed by atoms with Crippen LogP contribution in [0.3, 0.4) is 0 Å². The average molecular weight is 558 g/mol. The van der Waals surface area contributed by atoms with Crippen LogP contribution in [0.1, 0.15) is 11.4 Å². The highest BCUT2D eigenvalue weighted by molar-refractivity contribution is 6.09. The molecule has 0 N–H and O–H groups in total. The molecule has 0 saturated heterocycles. The van der Waals surface area contributed by atoms with E-state index < -0.39 is 0 Å². The Kier molecular flexibility index (Phi) is 5.79. The van der Waals surface area contributed by atoms with Gasteiger partial charge in [0.1, 0.15) is 17.3 Å². The molecule has 4 aromatic heterocycles. The first-order valence-electron chi connectivity index (χ1n) is 14.3. The molecule has 0 spiro atoms. The summed E-state index contributed by atoms with van der Waals surface area (Å²) in [5, 5.41) is 8.36. The predicted octanol–water partition coefficient (Wildman–Crippen LogP) is 8.99. The SMILES string of the molecule is Cc1nn(-c2cccc(Oc3ccc4c5ccccc5n(-c5ccccn5)c4c3)c2)c(C)c1-c1cnc2ccccc2c1. The largest absolute Gasteiger partial charge is 0.457 e. The minimum absolute atomic E-state index is 0.735. The van der Waals surface area contributed by atoms with Gasteiger partial charge < -0.3 is 4.74 Å². The molecule has 43 heavy (non-hydrogen) atoms. The Hall–Kier alpha value is -5.75. The van der Waals surface area contributed by atoms with E-state index >= 15 is 0 Å². The summed E-state index contributed by atoms with van der Waals surface area (Å²) in [4.78, 5) is 9.32. The molecule has 0 radical (unpaired) electrons. The number of rotatable bonds is 5. The van der Waals surface area contributed by atoms with E-state index in [9.17, 15) is 0 Å². The van der Waals surface area contributed by atoms with Crippen molar-refractivity contribution >= 4 is 32.7 Å². The van der Waals surface area contributed by atoms with Crippen molar-refractivity contribution in [1.29, 1.82) is 0 Å². The minimum Gasteiger partial charge on any atom is -0.457 e. The van der Waals surface area contributed by atoms with Crippen molar-refractivity contribution in [3.63, 3.8) is 0 Å². The monoisotopic (exact) mass is 557 g/mol. The third-order valence-electron chi connectivity index (χ3n) is 7.99. The van der Waals surface area contributed by atoms with Crippen molar-refractivity contribution in [2.45, 2.75) is 13.8 Å². The first kappa shape index (κ1) is 25.0. The lowest BCUT2D eigenvalue weighted by atomic mass is 10.0. The summed E-state index contributed by atoms with van der Waals surface area (Å²) in [6, 6.07) is 39.0. The van der Waals surface area contributed by atoms with Gasteiger partial charge in [0.25, 0.3) is 0 Å². The van der Waals surface area contributed by atoms with Crippen LogP contribution in [-0.4, -0.2) is 24.3 Å². The number of ether oxygens (including phenoxy) is 1. The van der Waals surface area contributed by atoms with Crippen LogP contribution in [0.4, 0.5) is 0 Å². The number of aromatic nitrogens is 5.